The summed E-state index contributed by atoms with van der Waals surface area (Å²) < 4.78 is 19.0. The summed E-state index contributed by atoms with van der Waals surface area (Å²) in [6.45, 7) is 5.97. The van der Waals surface area contributed by atoms with E-state index in [1.54, 1.807) is 19.2 Å². The van der Waals surface area contributed by atoms with E-state index in [0.29, 0.717) is 13.1 Å². The monoisotopic (exact) mass is 551 g/mol. The maximum Gasteiger partial charge on any atom is 0.191 e. The second-order valence-electron chi connectivity index (χ2n) is 7.81. The molecule has 0 aliphatic carbocycles. The molecule has 1 fully saturated rings. The Hall–Kier alpha value is -2.17. The molecule has 4 rings (SSSR count). The zero-order valence-corrected chi connectivity index (χ0v) is 20.7. The summed E-state index contributed by atoms with van der Waals surface area (Å²) >= 11 is 0. The van der Waals surface area contributed by atoms with Crippen LogP contribution in [0.25, 0.3) is 10.9 Å². The molecule has 2 heterocycles. The Balaban J connectivity index is 0.00000289. The van der Waals surface area contributed by atoms with Crippen molar-refractivity contribution in [3.8, 4) is 0 Å². The lowest BCUT2D eigenvalue weighted by Gasteiger charge is -2.26. The highest BCUT2D eigenvalue weighted by Gasteiger charge is 2.11. The van der Waals surface area contributed by atoms with Crippen LogP contribution in [0, 0.1) is 5.82 Å². The Morgan fingerprint density at radius 1 is 1.12 bits per heavy atom. The van der Waals surface area contributed by atoms with Crippen molar-refractivity contribution in [2.45, 2.75) is 19.5 Å². The molecular weight excluding hydrogens is 520 g/mol. The van der Waals surface area contributed by atoms with E-state index in [0.717, 1.165) is 61.7 Å². The van der Waals surface area contributed by atoms with E-state index in [1.165, 1.54) is 17.2 Å². The minimum absolute atomic E-state index is 0. The van der Waals surface area contributed by atoms with E-state index in [9.17, 15) is 4.39 Å². The quantitative estimate of drug-likeness (QED) is 0.238. The zero-order chi connectivity index (χ0) is 21.5. The number of morpholine rings is 1. The first-order chi connectivity index (χ1) is 15.2. The number of aromatic nitrogens is 1. The number of nitrogens with one attached hydrogen (secondary N) is 3. The Labute approximate surface area is 205 Å². The van der Waals surface area contributed by atoms with Gasteiger partial charge in [-0.1, -0.05) is 24.3 Å². The fourth-order valence-corrected chi connectivity index (χ4v) is 3.93. The fourth-order valence-electron chi connectivity index (χ4n) is 3.93. The summed E-state index contributed by atoms with van der Waals surface area (Å²) in [5.41, 5.74) is 4.58. The van der Waals surface area contributed by atoms with Crippen molar-refractivity contribution in [2.24, 2.45) is 4.99 Å². The van der Waals surface area contributed by atoms with E-state index in [2.05, 4.69) is 49.8 Å². The molecule has 1 aliphatic heterocycles. The highest BCUT2D eigenvalue weighted by atomic mass is 127. The summed E-state index contributed by atoms with van der Waals surface area (Å²) in [6.07, 6.45) is 2.72. The smallest absolute Gasteiger partial charge is 0.191 e. The lowest BCUT2D eigenvalue weighted by molar-refractivity contribution is 0.0342. The Kier molecular flexibility index (Phi) is 9.31. The number of benzene rings is 2. The maximum atomic E-state index is 13.6. The number of hydrogen-bond donors (Lipinski definition) is 3. The third kappa shape index (κ3) is 6.66. The number of fused-ring (bicyclic) bond motifs is 1. The Morgan fingerprint density at radius 2 is 1.94 bits per heavy atom. The van der Waals surface area contributed by atoms with Crippen LogP contribution >= 0.6 is 24.0 Å². The average molecular weight is 551 g/mol. The van der Waals surface area contributed by atoms with Crippen molar-refractivity contribution in [2.75, 3.05) is 39.9 Å². The lowest BCUT2D eigenvalue weighted by Crippen LogP contribution is -2.38. The maximum absolute atomic E-state index is 13.6. The van der Waals surface area contributed by atoms with Crippen LogP contribution in [-0.2, 0) is 24.2 Å². The highest BCUT2D eigenvalue weighted by molar-refractivity contribution is 14.0. The van der Waals surface area contributed by atoms with Gasteiger partial charge >= 0.3 is 0 Å². The predicted molar refractivity (Wildman–Crippen MR) is 138 cm³/mol. The van der Waals surface area contributed by atoms with Crippen molar-refractivity contribution < 1.29 is 9.13 Å². The minimum atomic E-state index is -0.213. The normalized spacial score (nSPS) is 14.9. The summed E-state index contributed by atoms with van der Waals surface area (Å²) in [5.74, 6) is 0.541. The van der Waals surface area contributed by atoms with Crippen LogP contribution in [-0.4, -0.2) is 55.7 Å². The summed E-state index contributed by atoms with van der Waals surface area (Å²) in [4.78, 5) is 9.94. The molecule has 172 valence electrons. The van der Waals surface area contributed by atoms with Crippen molar-refractivity contribution in [1.29, 1.82) is 0 Å². The van der Waals surface area contributed by atoms with E-state index in [-0.39, 0.29) is 29.8 Å². The van der Waals surface area contributed by atoms with E-state index in [1.807, 2.05) is 6.20 Å². The second-order valence-corrected chi connectivity index (χ2v) is 7.81. The summed E-state index contributed by atoms with van der Waals surface area (Å²) in [6, 6.07) is 13.5. The number of ether oxygens (including phenoxy) is 1. The molecule has 0 radical (unpaired) electrons. The second kappa shape index (κ2) is 12.2. The SMILES string of the molecule is CN=C(NCCc1c[nH]c2ccc(F)cc12)NCc1cccc(CN2CCOCC2)c1.I. The highest BCUT2D eigenvalue weighted by Crippen LogP contribution is 2.19. The Morgan fingerprint density at radius 3 is 2.75 bits per heavy atom. The van der Waals surface area contributed by atoms with E-state index < -0.39 is 0 Å². The topological polar surface area (TPSA) is 64.7 Å². The number of aliphatic imine (C=N–C) groups is 1. The predicted octanol–water partition coefficient (Wildman–Crippen LogP) is 3.66. The molecule has 0 spiro atoms. The molecule has 3 aromatic rings. The number of guanidine groups is 1. The van der Waals surface area contributed by atoms with Crippen LogP contribution in [0.1, 0.15) is 16.7 Å². The number of halogens is 2. The van der Waals surface area contributed by atoms with Crippen LogP contribution in [0.5, 0.6) is 0 Å². The van der Waals surface area contributed by atoms with Crippen LogP contribution < -0.4 is 10.6 Å². The van der Waals surface area contributed by atoms with Gasteiger partial charge in [0, 0.05) is 56.9 Å². The van der Waals surface area contributed by atoms with Gasteiger partial charge in [-0.25, -0.2) is 4.39 Å². The molecule has 1 aromatic heterocycles. The number of aromatic amines is 1. The van der Waals surface area contributed by atoms with E-state index >= 15 is 0 Å². The van der Waals surface area contributed by atoms with Crippen LogP contribution in [0.2, 0.25) is 0 Å². The van der Waals surface area contributed by atoms with Gasteiger partial charge in [0.1, 0.15) is 5.82 Å². The van der Waals surface area contributed by atoms with Gasteiger partial charge in [-0.2, -0.15) is 0 Å². The molecule has 0 unspecified atom stereocenters. The molecule has 6 nitrogen and oxygen atoms in total. The molecule has 0 bridgehead atoms. The van der Waals surface area contributed by atoms with Crippen molar-refractivity contribution in [3.05, 3.63) is 71.2 Å². The summed E-state index contributed by atoms with van der Waals surface area (Å²) in [5, 5.41) is 7.66. The third-order valence-corrected chi connectivity index (χ3v) is 5.60. The molecule has 1 saturated heterocycles. The molecular formula is C24H31FIN5O. The largest absolute Gasteiger partial charge is 0.379 e. The van der Waals surface area contributed by atoms with Crippen molar-refractivity contribution in [3.63, 3.8) is 0 Å². The number of H-pyrrole nitrogens is 1. The molecule has 32 heavy (non-hydrogen) atoms. The molecule has 0 saturated carbocycles. The van der Waals surface area contributed by atoms with Gasteiger partial charge in [-0.05, 0) is 41.3 Å². The molecule has 8 heteroatoms. The zero-order valence-electron chi connectivity index (χ0n) is 18.4. The van der Waals surface area contributed by atoms with Gasteiger partial charge < -0.3 is 20.4 Å². The van der Waals surface area contributed by atoms with E-state index in [4.69, 9.17) is 4.74 Å². The number of rotatable bonds is 7. The first-order valence-electron chi connectivity index (χ1n) is 10.8. The first kappa shape index (κ1) is 24.5. The van der Waals surface area contributed by atoms with Crippen molar-refractivity contribution in [1.82, 2.24) is 20.5 Å². The van der Waals surface area contributed by atoms with Gasteiger partial charge in [0.2, 0.25) is 0 Å². The van der Waals surface area contributed by atoms with Gasteiger partial charge in [-0.15, -0.1) is 24.0 Å². The van der Waals surface area contributed by atoms with Gasteiger partial charge in [0.25, 0.3) is 0 Å². The van der Waals surface area contributed by atoms with Crippen LogP contribution in [0.4, 0.5) is 4.39 Å². The molecule has 3 N–H and O–H groups in total. The summed E-state index contributed by atoms with van der Waals surface area (Å²) in [7, 11) is 1.77. The Bertz CT molecular complexity index is 1030. The average Bonchev–Trinajstić information content (AvgIpc) is 3.19. The molecule has 0 amide bonds. The third-order valence-electron chi connectivity index (χ3n) is 5.60. The minimum Gasteiger partial charge on any atom is -0.379 e. The fraction of sp³-hybridized carbons (Fsp3) is 0.375. The van der Waals surface area contributed by atoms with Gasteiger partial charge in [-0.3, -0.25) is 9.89 Å². The molecule has 0 atom stereocenters. The lowest BCUT2D eigenvalue weighted by atomic mass is 10.1. The number of hydrogen-bond acceptors (Lipinski definition) is 3. The first-order valence-corrected chi connectivity index (χ1v) is 10.8. The van der Waals surface area contributed by atoms with Gasteiger partial charge in [0.15, 0.2) is 5.96 Å². The molecule has 1 aliphatic rings. The van der Waals surface area contributed by atoms with Crippen LogP contribution in [0.15, 0.2) is 53.7 Å². The van der Waals surface area contributed by atoms with Gasteiger partial charge in [0.05, 0.1) is 13.2 Å². The van der Waals surface area contributed by atoms with Crippen molar-refractivity contribution >= 4 is 40.8 Å². The number of nitrogens with zero attached hydrogens (tertiary/aromatic N) is 2. The standard InChI is InChI=1S/C24H30FN5O.HI/c1-26-24(27-8-7-20-16-28-23-6-5-21(25)14-22(20)23)29-15-18-3-2-4-19(13-18)17-30-9-11-31-12-10-30;/h2-6,13-14,16,28H,7-12,15,17H2,1H3,(H2,26,27,29);1H. The van der Waals surface area contributed by atoms with Crippen LogP contribution in [0.3, 0.4) is 0 Å². The molecule has 2 aromatic carbocycles.